The first-order chi connectivity index (χ1) is 9.67. The molecule has 1 amide bonds. The lowest BCUT2D eigenvalue weighted by atomic mass is 10.2. The van der Waals surface area contributed by atoms with Crippen LogP contribution in [0.4, 0.5) is 10.5 Å². The van der Waals surface area contributed by atoms with Crippen molar-refractivity contribution in [2.45, 2.75) is 39.7 Å². The number of rotatable bonds is 4. The number of halogens is 2. The van der Waals surface area contributed by atoms with Crippen molar-refractivity contribution < 1.29 is 9.53 Å². The fourth-order valence-electron chi connectivity index (χ4n) is 1.68. The maximum Gasteiger partial charge on any atom is 0.414 e. The second-order valence-electron chi connectivity index (χ2n) is 5.58. The van der Waals surface area contributed by atoms with Crippen molar-refractivity contribution in [3.05, 3.63) is 32.6 Å². The van der Waals surface area contributed by atoms with Crippen molar-refractivity contribution >= 4 is 50.3 Å². The van der Waals surface area contributed by atoms with Gasteiger partial charge in [-0.15, -0.1) is 6.58 Å². The highest BCUT2D eigenvalue weighted by Gasteiger charge is 2.26. The third-order valence-electron chi connectivity index (χ3n) is 2.64. The van der Waals surface area contributed by atoms with E-state index in [4.69, 9.17) is 4.74 Å². The van der Waals surface area contributed by atoms with Crippen molar-refractivity contribution in [2.75, 3.05) is 11.4 Å². The third kappa shape index (κ3) is 5.25. The minimum atomic E-state index is -0.539. The number of aromatic nitrogens is 1. The summed E-state index contributed by atoms with van der Waals surface area (Å²) in [4.78, 5) is 18.4. The number of pyridine rings is 1. The van der Waals surface area contributed by atoms with E-state index in [1.165, 1.54) is 0 Å². The molecule has 0 saturated heterocycles. The Morgan fingerprint density at radius 3 is 2.71 bits per heavy atom. The van der Waals surface area contributed by atoms with Crippen molar-refractivity contribution in [3.63, 3.8) is 0 Å². The molecule has 116 valence electrons. The van der Waals surface area contributed by atoms with Crippen LogP contribution in [0.2, 0.25) is 0 Å². The Bertz CT molecular complexity index is 541. The fraction of sp³-hybridized carbons (Fsp3) is 0.467. The molecule has 1 rings (SSSR count). The summed E-state index contributed by atoms with van der Waals surface area (Å²) in [5.74, 6) is 0. The van der Waals surface area contributed by atoms with Crippen LogP contribution in [0.3, 0.4) is 0 Å². The van der Waals surface area contributed by atoms with Gasteiger partial charge in [-0.25, -0.2) is 9.78 Å². The fourth-order valence-corrected chi connectivity index (χ4v) is 2.81. The second kappa shape index (κ2) is 7.58. The average molecular weight is 467 g/mol. The first kappa shape index (κ1) is 18.4. The van der Waals surface area contributed by atoms with Crippen LogP contribution < -0.4 is 4.90 Å². The summed E-state index contributed by atoms with van der Waals surface area (Å²) >= 11 is 5.60. The Morgan fingerprint density at radius 2 is 2.19 bits per heavy atom. The zero-order valence-electron chi connectivity index (χ0n) is 12.7. The first-order valence-corrected chi connectivity index (χ1v) is 8.46. The van der Waals surface area contributed by atoms with E-state index < -0.39 is 5.60 Å². The molecule has 1 aromatic heterocycles. The molecular weight excluding hydrogens is 447 g/mol. The molecule has 0 radical (unpaired) electrons. The second-order valence-corrected chi connectivity index (χ2v) is 7.46. The molecule has 0 saturated carbocycles. The van der Waals surface area contributed by atoms with E-state index >= 15 is 0 Å². The molecule has 0 aromatic carbocycles. The topological polar surface area (TPSA) is 42.4 Å². The van der Waals surface area contributed by atoms with Gasteiger partial charge < -0.3 is 4.74 Å². The molecule has 4 nitrogen and oxygen atoms in total. The van der Waals surface area contributed by atoms with E-state index in [0.717, 1.165) is 19.4 Å². The van der Waals surface area contributed by atoms with E-state index in [2.05, 4.69) is 50.1 Å². The molecule has 0 spiro atoms. The van der Waals surface area contributed by atoms with Gasteiger partial charge in [-0.05, 0) is 78.2 Å². The largest absolute Gasteiger partial charge is 0.443 e. The Morgan fingerprint density at radius 1 is 1.57 bits per heavy atom. The number of hydrogen-bond acceptors (Lipinski definition) is 3. The molecule has 0 unspecified atom stereocenters. The Balaban J connectivity index is 3.22. The molecule has 0 bridgehead atoms. The Kier molecular flexibility index (Phi) is 6.65. The molecule has 21 heavy (non-hydrogen) atoms. The van der Waals surface area contributed by atoms with Gasteiger partial charge in [0.2, 0.25) is 0 Å². The normalized spacial score (nSPS) is 11.1. The minimum Gasteiger partial charge on any atom is -0.443 e. The SMILES string of the molecule is C=CCCN(C(=O)OC(C)(C)C)c1c(I)ncc(Br)c1C. The molecular formula is C15H20BrIN2O2. The zero-order chi connectivity index (χ0) is 16.2. The molecule has 6 heteroatoms. The molecule has 0 aliphatic carbocycles. The Labute approximate surface area is 148 Å². The summed E-state index contributed by atoms with van der Waals surface area (Å²) in [5, 5.41) is 0. The van der Waals surface area contributed by atoms with Crippen LogP contribution >= 0.6 is 38.5 Å². The van der Waals surface area contributed by atoms with Crippen LogP contribution in [0.5, 0.6) is 0 Å². The monoisotopic (exact) mass is 466 g/mol. The molecule has 0 atom stereocenters. The summed E-state index contributed by atoms with van der Waals surface area (Å²) in [6.07, 6.45) is 3.83. The smallest absolute Gasteiger partial charge is 0.414 e. The van der Waals surface area contributed by atoms with Gasteiger partial charge in [0.25, 0.3) is 0 Å². The van der Waals surface area contributed by atoms with Gasteiger partial charge in [0.1, 0.15) is 9.30 Å². The van der Waals surface area contributed by atoms with E-state index in [-0.39, 0.29) is 6.09 Å². The summed E-state index contributed by atoms with van der Waals surface area (Å²) in [6.45, 7) is 11.7. The number of carbonyl (C=O) groups is 1. The quantitative estimate of drug-likeness (QED) is 0.353. The van der Waals surface area contributed by atoms with Gasteiger partial charge in [0.15, 0.2) is 0 Å². The predicted molar refractivity (Wildman–Crippen MR) is 97.8 cm³/mol. The van der Waals surface area contributed by atoms with Gasteiger partial charge in [0.05, 0.1) is 5.69 Å². The molecule has 0 aliphatic heterocycles. The van der Waals surface area contributed by atoms with Gasteiger partial charge >= 0.3 is 6.09 Å². The van der Waals surface area contributed by atoms with Gasteiger partial charge in [-0.3, -0.25) is 4.90 Å². The molecule has 0 aliphatic rings. The molecule has 0 fully saturated rings. The minimum absolute atomic E-state index is 0.370. The third-order valence-corrected chi connectivity index (χ3v) is 4.23. The lowest BCUT2D eigenvalue weighted by molar-refractivity contribution is 0.0580. The van der Waals surface area contributed by atoms with Gasteiger partial charge in [-0.1, -0.05) is 6.08 Å². The number of carbonyl (C=O) groups excluding carboxylic acids is 1. The number of ether oxygens (including phenoxy) is 1. The number of anilines is 1. The molecule has 0 N–H and O–H groups in total. The maximum atomic E-state index is 12.5. The van der Waals surface area contributed by atoms with Crippen molar-refractivity contribution in [2.24, 2.45) is 0 Å². The van der Waals surface area contributed by atoms with Crippen molar-refractivity contribution in [1.82, 2.24) is 4.98 Å². The summed E-state index contributed by atoms with van der Waals surface area (Å²) < 4.78 is 7.14. The van der Waals surface area contributed by atoms with Crippen LogP contribution in [0.1, 0.15) is 32.8 Å². The first-order valence-electron chi connectivity index (χ1n) is 6.59. The molecule has 1 heterocycles. The van der Waals surface area contributed by atoms with Crippen LogP contribution in [-0.4, -0.2) is 23.2 Å². The zero-order valence-corrected chi connectivity index (χ0v) is 16.5. The number of amides is 1. The van der Waals surface area contributed by atoms with Gasteiger partial charge in [0, 0.05) is 17.2 Å². The highest BCUT2D eigenvalue weighted by atomic mass is 127. The number of nitrogens with zero attached hydrogens (tertiary/aromatic N) is 2. The van der Waals surface area contributed by atoms with Crippen LogP contribution in [-0.2, 0) is 4.74 Å². The highest BCUT2D eigenvalue weighted by molar-refractivity contribution is 14.1. The van der Waals surface area contributed by atoms with Crippen molar-refractivity contribution in [3.8, 4) is 0 Å². The van der Waals surface area contributed by atoms with Gasteiger partial charge in [-0.2, -0.15) is 0 Å². The van der Waals surface area contributed by atoms with E-state index in [1.807, 2.05) is 27.7 Å². The lowest BCUT2D eigenvalue weighted by Gasteiger charge is -2.28. The summed E-state index contributed by atoms with van der Waals surface area (Å²) in [7, 11) is 0. The van der Waals surface area contributed by atoms with Crippen LogP contribution in [0.25, 0.3) is 0 Å². The maximum absolute atomic E-state index is 12.5. The summed E-state index contributed by atoms with van der Waals surface area (Å²) in [5.41, 5.74) is 1.20. The average Bonchev–Trinajstić information content (AvgIpc) is 2.36. The summed E-state index contributed by atoms with van der Waals surface area (Å²) in [6, 6.07) is 0. The standard InChI is InChI=1S/C15H20BrIN2O2/c1-6-7-8-19(14(20)21-15(3,4)5)12-10(2)11(16)9-18-13(12)17/h6,9H,1,7-8H2,2-5H3. The van der Waals surface area contributed by atoms with Crippen molar-refractivity contribution in [1.29, 1.82) is 0 Å². The number of hydrogen-bond donors (Lipinski definition) is 0. The molecule has 1 aromatic rings. The van der Waals surface area contributed by atoms with E-state index in [9.17, 15) is 4.79 Å². The van der Waals surface area contributed by atoms with Crippen LogP contribution in [0, 0.1) is 10.6 Å². The predicted octanol–water partition coefficient (Wildman–Crippen LogP) is 5.07. The lowest BCUT2D eigenvalue weighted by Crippen LogP contribution is -2.38. The van der Waals surface area contributed by atoms with E-state index in [1.54, 1.807) is 17.2 Å². The van der Waals surface area contributed by atoms with E-state index in [0.29, 0.717) is 13.0 Å². The highest BCUT2D eigenvalue weighted by Crippen LogP contribution is 2.31. The van der Waals surface area contributed by atoms with Crippen LogP contribution in [0.15, 0.2) is 23.3 Å². The Hall–Kier alpha value is -0.630.